The Morgan fingerprint density at radius 1 is 1.27 bits per heavy atom. The largest absolute Gasteiger partial charge is 0.393 e. The van der Waals surface area contributed by atoms with Gasteiger partial charge in [0.2, 0.25) is 0 Å². The molecule has 1 aliphatic heterocycles. The summed E-state index contributed by atoms with van der Waals surface area (Å²) in [4.78, 5) is 0. The van der Waals surface area contributed by atoms with Crippen LogP contribution in [0.3, 0.4) is 0 Å². The summed E-state index contributed by atoms with van der Waals surface area (Å²) >= 11 is 0. The Hall–Kier alpha value is -0.200. The van der Waals surface area contributed by atoms with Gasteiger partial charge in [-0.25, -0.2) is 0 Å². The minimum Gasteiger partial charge on any atom is -0.393 e. The quantitative estimate of drug-likeness (QED) is 0.547. The van der Waals surface area contributed by atoms with Crippen molar-refractivity contribution in [1.82, 2.24) is 0 Å². The first-order valence-corrected chi connectivity index (χ1v) is 5.22. The number of hydrogen-bond acceptors (Lipinski definition) is 5. The van der Waals surface area contributed by atoms with Crippen molar-refractivity contribution in [1.29, 1.82) is 0 Å². The lowest BCUT2D eigenvalue weighted by atomic mass is 9.80. The third kappa shape index (κ3) is 2.03. The molecule has 0 amide bonds. The lowest BCUT2D eigenvalue weighted by molar-refractivity contribution is -0.153. The number of aliphatic hydroxyl groups is 3. The van der Waals surface area contributed by atoms with Crippen molar-refractivity contribution in [2.24, 2.45) is 0 Å². The molecule has 2 aliphatic rings. The van der Waals surface area contributed by atoms with E-state index >= 15 is 0 Å². The predicted octanol–water partition coefficient (Wildman–Crippen LogP) is -0.615. The van der Waals surface area contributed by atoms with Gasteiger partial charge in [-0.05, 0) is 13.8 Å². The van der Waals surface area contributed by atoms with Gasteiger partial charge < -0.3 is 24.8 Å². The molecule has 1 saturated carbocycles. The molecule has 88 valence electrons. The summed E-state index contributed by atoms with van der Waals surface area (Å²) in [7, 11) is 0. The maximum Gasteiger partial charge on any atom is 0.163 e. The van der Waals surface area contributed by atoms with Crippen LogP contribution in [-0.2, 0) is 9.47 Å². The Morgan fingerprint density at radius 2 is 1.93 bits per heavy atom. The van der Waals surface area contributed by atoms with Crippen molar-refractivity contribution < 1.29 is 24.8 Å². The fourth-order valence-electron chi connectivity index (χ4n) is 2.44. The van der Waals surface area contributed by atoms with Crippen molar-refractivity contribution in [2.45, 2.75) is 56.4 Å². The normalized spacial score (nSPS) is 49.0. The van der Waals surface area contributed by atoms with Gasteiger partial charge in [-0.15, -0.1) is 0 Å². The van der Waals surface area contributed by atoms with Crippen LogP contribution in [0.1, 0.15) is 26.7 Å². The number of hydrogen-bond donors (Lipinski definition) is 3. The van der Waals surface area contributed by atoms with Crippen LogP contribution in [0.25, 0.3) is 0 Å². The standard InChI is InChI=1S/C10H18O5/c1-9(2)14-7-4-10(13,5-11)3-6(12)8(7)15-9/h6-8,11-13H,3-5H2,1-2H3. The van der Waals surface area contributed by atoms with Crippen LogP contribution in [0.2, 0.25) is 0 Å². The highest BCUT2D eigenvalue weighted by atomic mass is 16.8. The highest BCUT2D eigenvalue weighted by molar-refractivity contribution is 5.00. The monoisotopic (exact) mass is 218 g/mol. The lowest BCUT2D eigenvalue weighted by Crippen LogP contribution is -2.52. The predicted molar refractivity (Wildman–Crippen MR) is 51.1 cm³/mol. The number of ether oxygens (including phenoxy) is 2. The van der Waals surface area contributed by atoms with E-state index in [9.17, 15) is 10.2 Å². The highest BCUT2D eigenvalue weighted by Crippen LogP contribution is 2.40. The molecule has 5 nitrogen and oxygen atoms in total. The second-order valence-electron chi connectivity index (χ2n) is 5.00. The first kappa shape index (κ1) is 11.3. The fourth-order valence-corrected chi connectivity index (χ4v) is 2.44. The Balaban J connectivity index is 2.14. The summed E-state index contributed by atoms with van der Waals surface area (Å²) in [6.45, 7) is 3.18. The van der Waals surface area contributed by atoms with E-state index in [4.69, 9.17) is 14.6 Å². The molecule has 2 fully saturated rings. The zero-order valence-electron chi connectivity index (χ0n) is 9.01. The van der Waals surface area contributed by atoms with Crippen LogP contribution in [0.5, 0.6) is 0 Å². The molecular weight excluding hydrogens is 200 g/mol. The average molecular weight is 218 g/mol. The van der Waals surface area contributed by atoms with Crippen molar-refractivity contribution in [3.05, 3.63) is 0 Å². The molecule has 4 atom stereocenters. The molecule has 1 aliphatic carbocycles. The van der Waals surface area contributed by atoms with E-state index in [-0.39, 0.29) is 19.1 Å². The van der Waals surface area contributed by atoms with E-state index in [2.05, 4.69) is 0 Å². The van der Waals surface area contributed by atoms with Gasteiger partial charge >= 0.3 is 0 Å². The minimum atomic E-state index is -1.25. The van der Waals surface area contributed by atoms with Crippen molar-refractivity contribution >= 4 is 0 Å². The van der Waals surface area contributed by atoms with Crippen LogP contribution < -0.4 is 0 Å². The van der Waals surface area contributed by atoms with E-state index in [0.29, 0.717) is 6.42 Å². The number of aliphatic hydroxyl groups excluding tert-OH is 2. The summed E-state index contributed by atoms with van der Waals surface area (Å²) in [6, 6.07) is 0. The Kier molecular flexibility index (Phi) is 2.56. The van der Waals surface area contributed by atoms with Gasteiger partial charge in [0.1, 0.15) is 6.10 Å². The Bertz CT molecular complexity index is 254. The SMILES string of the molecule is CC1(C)OC2CC(O)(CO)CC(O)C2O1. The van der Waals surface area contributed by atoms with Gasteiger partial charge in [-0.3, -0.25) is 0 Å². The summed E-state index contributed by atoms with van der Waals surface area (Å²) in [6.07, 6.45) is -1.10. The molecule has 1 heterocycles. The van der Waals surface area contributed by atoms with Crippen LogP contribution in [0.15, 0.2) is 0 Å². The van der Waals surface area contributed by atoms with Crippen LogP contribution >= 0.6 is 0 Å². The first-order valence-electron chi connectivity index (χ1n) is 5.22. The molecule has 5 heteroatoms. The summed E-state index contributed by atoms with van der Waals surface area (Å²) in [5.74, 6) is -0.725. The first-order chi connectivity index (χ1) is 6.85. The molecule has 0 aromatic heterocycles. The second-order valence-corrected chi connectivity index (χ2v) is 5.00. The molecule has 4 unspecified atom stereocenters. The van der Waals surface area contributed by atoms with Gasteiger partial charge in [0.15, 0.2) is 5.79 Å². The Morgan fingerprint density at radius 3 is 2.53 bits per heavy atom. The highest BCUT2D eigenvalue weighted by Gasteiger charge is 2.52. The molecular formula is C10H18O5. The van der Waals surface area contributed by atoms with Gasteiger partial charge in [0.05, 0.1) is 24.4 Å². The molecule has 0 aromatic rings. The van der Waals surface area contributed by atoms with Crippen molar-refractivity contribution in [3.63, 3.8) is 0 Å². The Labute approximate surface area is 88.6 Å². The maximum atomic E-state index is 9.92. The topological polar surface area (TPSA) is 79.2 Å². The van der Waals surface area contributed by atoms with E-state index in [1.807, 2.05) is 0 Å². The summed E-state index contributed by atoms with van der Waals surface area (Å²) in [5, 5.41) is 28.8. The minimum absolute atomic E-state index is 0.129. The van der Waals surface area contributed by atoms with Gasteiger partial charge in [0.25, 0.3) is 0 Å². The van der Waals surface area contributed by atoms with Crippen LogP contribution in [0, 0.1) is 0 Å². The average Bonchev–Trinajstić information content (AvgIpc) is 2.40. The van der Waals surface area contributed by atoms with E-state index < -0.39 is 23.6 Å². The molecule has 3 N–H and O–H groups in total. The zero-order chi connectivity index (χ0) is 11.3. The lowest BCUT2D eigenvalue weighted by Gasteiger charge is -2.38. The summed E-state index contributed by atoms with van der Waals surface area (Å²) < 4.78 is 11.1. The smallest absolute Gasteiger partial charge is 0.163 e. The van der Waals surface area contributed by atoms with Gasteiger partial charge in [0, 0.05) is 12.8 Å². The summed E-state index contributed by atoms with van der Waals surface area (Å²) in [5.41, 5.74) is -1.25. The zero-order valence-corrected chi connectivity index (χ0v) is 9.01. The molecule has 0 aromatic carbocycles. The molecule has 0 radical (unpaired) electrons. The van der Waals surface area contributed by atoms with E-state index in [1.165, 1.54) is 0 Å². The maximum absolute atomic E-state index is 9.92. The van der Waals surface area contributed by atoms with Crippen molar-refractivity contribution in [2.75, 3.05) is 6.61 Å². The molecule has 15 heavy (non-hydrogen) atoms. The third-order valence-corrected chi connectivity index (χ3v) is 3.07. The van der Waals surface area contributed by atoms with Crippen LogP contribution in [-0.4, -0.2) is 51.6 Å². The van der Waals surface area contributed by atoms with E-state index in [0.717, 1.165) is 0 Å². The number of rotatable bonds is 1. The molecule has 1 saturated heterocycles. The van der Waals surface area contributed by atoms with E-state index in [1.54, 1.807) is 13.8 Å². The number of fused-ring (bicyclic) bond motifs is 1. The molecule has 0 bridgehead atoms. The van der Waals surface area contributed by atoms with Crippen LogP contribution in [0.4, 0.5) is 0 Å². The van der Waals surface area contributed by atoms with Gasteiger partial charge in [-0.2, -0.15) is 0 Å². The molecule has 2 rings (SSSR count). The van der Waals surface area contributed by atoms with Gasteiger partial charge in [-0.1, -0.05) is 0 Å². The third-order valence-electron chi connectivity index (χ3n) is 3.07. The molecule has 0 spiro atoms. The second kappa shape index (κ2) is 3.40. The fraction of sp³-hybridized carbons (Fsp3) is 1.00. The van der Waals surface area contributed by atoms with Crippen molar-refractivity contribution in [3.8, 4) is 0 Å².